The number of imide groups is 1. The van der Waals surface area contributed by atoms with Crippen molar-refractivity contribution in [3.05, 3.63) is 22.4 Å². The lowest BCUT2D eigenvalue weighted by Crippen LogP contribution is -2.35. The zero-order valence-electron chi connectivity index (χ0n) is 13.2. The van der Waals surface area contributed by atoms with E-state index in [4.69, 9.17) is 0 Å². The van der Waals surface area contributed by atoms with Gasteiger partial charge in [-0.2, -0.15) is 0 Å². The van der Waals surface area contributed by atoms with Gasteiger partial charge in [-0.1, -0.05) is 6.07 Å². The topological polar surface area (TPSA) is 60.9 Å². The number of rotatable bonds is 7. The van der Waals surface area contributed by atoms with Gasteiger partial charge in [-0.15, -0.1) is 11.3 Å². The third kappa shape index (κ3) is 3.72. The van der Waals surface area contributed by atoms with E-state index in [1.54, 1.807) is 18.4 Å². The number of amides is 4. The van der Waals surface area contributed by atoms with Gasteiger partial charge in [-0.05, 0) is 30.7 Å². The summed E-state index contributed by atoms with van der Waals surface area (Å²) in [4.78, 5) is 41.8. The van der Waals surface area contributed by atoms with Crippen molar-refractivity contribution >= 4 is 29.2 Å². The first-order chi connectivity index (χ1) is 11.1. The van der Waals surface area contributed by atoms with Crippen LogP contribution in [0.15, 0.2) is 17.5 Å². The van der Waals surface area contributed by atoms with Crippen LogP contribution in [-0.4, -0.2) is 58.7 Å². The first-order valence-corrected chi connectivity index (χ1v) is 8.81. The van der Waals surface area contributed by atoms with Gasteiger partial charge in [0.1, 0.15) is 6.54 Å². The molecule has 1 aliphatic carbocycles. The maximum atomic E-state index is 12.5. The van der Waals surface area contributed by atoms with Gasteiger partial charge in [0.2, 0.25) is 11.8 Å². The average molecular weight is 335 g/mol. The van der Waals surface area contributed by atoms with Crippen molar-refractivity contribution in [1.29, 1.82) is 0 Å². The van der Waals surface area contributed by atoms with Crippen LogP contribution in [0.5, 0.6) is 0 Å². The maximum Gasteiger partial charge on any atom is 0.326 e. The average Bonchev–Trinajstić information content (AvgIpc) is 3.17. The molecule has 1 aromatic heterocycles. The molecule has 3 rings (SSSR count). The van der Waals surface area contributed by atoms with Crippen LogP contribution < -0.4 is 0 Å². The van der Waals surface area contributed by atoms with E-state index in [2.05, 4.69) is 0 Å². The molecule has 2 aliphatic rings. The minimum absolute atomic E-state index is 0.119. The molecule has 23 heavy (non-hydrogen) atoms. The predicted octanol–water partition coefficient (Wildman–Crippen LogP) is 1.91. The monoisotopic (exact) mass is 335 g/mol. The Morgan fingerprint density at radius 1 is 1.39 bits per heavy atom. The first kappa shape index (κ1) is 16.0. The zero-order valence-corrected chi connectivity index (χ0v) is 14.1. The fourth-order valence-corrected chi connectivity index (χ4v) is 3.50. The molecular weight excluding hydrogens is 314 g/mol. The van der Waals surface area contributed by atoms with Gasteiger partial charge in [0.05, 0.1) is 6.54 Å². The van der Waals surface area contributed by atoms with Crippen LogP contribution >= 0.6 is 11.3 Å². The van der Waals surface area contributed by atoms with Gasteiger partial charge < -0.3 is 9.80 Å². The SMILES string of the molecule is CN1CC(=O)N(CCCC(=O)N(Cc2cccs2)C2CC2)C1=O. The van der Waals surface area contributed by atoms with Crippen molar-refractivity contribution in [1.82, 2.24) is 14.7 Å². The van der Waals surface area contributed by atoms with Gasteiger partial charge in [0.15, 0.2) is 0 Å². The molecule has 0 unspecified atom stereocenters. The number of hydrogen-bond donors (Lipinski definition) is 0. The van der Waals surface area contributed by atoms with Crippen molar-refractivity contribution in [3.63, 3.8) is 0 Å². The minimum Gasteiger partial charge on any atom is -0.335 e. The van der Waals surface area contributed by atoms with Crippen LogP contribution in [-0.2, 0) is 16.1 Å². The maximum absolute atomic E-state index is 12.5. The molecule has 0 atom stereocenters. The third-order valence-corrected chi connectivity index (χ3v) is 5.08. The summed E-state index contributed by atoms with van der Waals surface area (Å²) in [5, 5.41) is 2.02. The summed E-state index contributed by atoms with van der Waals surface area (Å²) in [5.74, 6) is -0.0593. The molecule has 2 fully saturated rings. The van der Waals surface area contributed by atoms with Crippen LogP contribution in [0, 0.1) is 0 Å². The van der Waals surface area contributed by atoms with Crippen LogP contribution in [0.4, 0.5) is 4.79 Å². The Morgan fingerprint density at radius 3 is 2.74 bits per heavy atom. The lowest BCUT2D eigenvalue weighted by atomic mass is 10.2. The van der Waals surface area contributed by atoms with Gasteiger partial charge >= 0.3 is 6.03 Å². The van der Waals surface area contributed by atoms with E-state index in [9.17, 15) is 14.4 Å². The van der Waals surface area contributed by atoms with E-state index in [-0.39, 0.29) is 24.4 Å². The number of carbonyl (C=O) groups is 3. The molecule has 1 saturated heterocycles. The molecule has 0 N–H and O–H groups in total. The summed E-state index contributed by atoms with van der Waals surface area (Å²) in [6.45, 7) is 1.14. The lowest BCUT2D eigenvalue weighted by Gasteiger charge is -2.22. The second-order valence-electron chi connectivity index (χ2n) is 6.12. The van der Waals surface area contributed by atoms with Crippen molar-refractivity contribution in [2.24, 2.45) is 0 Å². The van der Waals surface area contributed by atoms with E-state index >= 15 is 0 Å². The molecular formula is C16H21N3O3S. The molecule has 1 saturated carbocycles. The predicted molar refractivity (Wildman–Crippen MR) is 86.9 cm³/mol. The fraction of sp³-hybridized carbons (Fsp3) is 0.562. The molecule has 1 aromatic rings. The van der Waals surface area contributed by atoms with E-state index in [1.165, 1.54) is 14.7 Å². The first-order valence-electron chi connectivity index (χ1n) is 7.93. The highest BCUT2D eigenvalue weighted by molar-refractivity contribution is 7.09. The molecule has 4 amide bonds. The van der Waals surface area contributed by atoms with E-state index < -0.39 is 0 Å². The largest absolute Gasteiger partial charge is 0.335 e. The Balaban J connectivity index is 1.49. The summed E-state index contributed by atoms with van der Waals surface area (Å²) in [6.07, 6.45) is 3.05. The second-order valence-corrected chi connectivity index (χ2v) is 7.15. The number of hydrogen-bond acceptors (Lipinski definition) is 4. The Labute approximate surface area is 139 Å². The van der Waals surface area contributed by atoms with Crippen molar-refractivity contribution in [2.75, 3.05) is 20.1 Å². The van der Waals surface area contributed by atoms with Crippen LogP contribution in [0.25, 0.3) is 0 Å². The Kier molecular flexibility index (Phi) is 4.66. The number of carbonyl (C=O) groups excluding carboxylic acids is 3. The minimum atomic E-state index is -0.264. The third-order valence-electron chi connectivity index (χ3n) is 4.22. The summed E-state index contributed by atoms with van der Waals surface area (Å²) in [5.41, 5.74) is 0. The van der Waals surface area contributed by atoms with E-state index in [0.717, 1.165) is 12.8 Å². The molecule has 1 aliphatic heterocycles. The van der Waals surface area contributed by atoms with Crippen molar-refractivity contribution < 1.29 is 14.4 Å². The summed E-state index contributed by atoms with van der Waals surface area (Å²) in [7, 11) is 1.61. The van der Waals surface area contributed by atoms with Crippen molar-refractivity contribution in [3.8, 4) is 0 Å². The molecule has 124 valence electrons. The van der Waals surface area contributed by atoms with E-state index in [0.29, 0.717) is 32.0 Å². The van der Waals surface area contributed by atoms with Crippen LogP contribution in [0.2, 0.25) is 0 Å². The van der Waals surface area contributed by atoms with Gasteiger partial charge in [0, 0.05) is 30.9 Å². The van der Waals surface area contributed by atoms with Crippen LogP contribution in [0.1, 0.15) is 30.6 Å². The van der Waals surface area contributed by atoms with E-state index in [1.807, 2.05) is 22.4 Å². The van der Waals surface area contributed by atoms with Gasteiger partial charge in [-0.25, -0.2) is 4.79 Å². The molecule has 0 aromatic carbocycles. The number of nitrogens with zero attached hydrogens (tertiary/aromatic N) is 3. The molecule has 0 bridgehead atoms. The normalized spacial score (nSPS) is 18.0. The number of thiophene rings is 1. The summed E-state index contributed by atoms with van der Waals surface area (Å²) in [6, 6.07) is 4.15. The van der Waals surface area contributed by atoms with Gasteiger partial charge in [-0.3, -0.25) is 14.5 Å². The standard InChI is InChI=1S/C16H21N3O3S/c1-17-11-15(21)18(16(17)22)8-2-5-14(20)19(12-6-7-12)10-13-4-3-9-23-13/h3-4,9,12H,2,5-8,10-11H2,1H3. The van der Waals surface area contributed by atoms with Crippen LogP contribution in [0.3, 0.4) is 0 Å². The highest BCUT2D eigenvalue weighted by Gasteiger charge is 2.34. The lowest BCUT2D eigenvalue weighted by molar-refractivity contribution is -0.133. The molecule has 7 heteroatoms. The second kappa shape index (κ2) is 6.70. The number of likely N-dealkylation sites (N-methyl/N-ethyl adjacent to an activating group) is 1. The highest BCUT2D eigenvalue weighted by atomic mass is 32.1. The zero-order chi connectivity index (χ0) is 16.4. The molecule has 6 nitrogen and oxygen atoms in total. The number of urea groups is 1. The fourth-order valence-electron chi connectivity index (χ4n) is 2.80. The molecule has 0 radical (unpaired) electrons. The van der Waals surface area contributed by atoms with Gasteiger partial charge in [0.25, 0.3) is 0 Å². The Morgan fingerprint density at radius 2 is 2.17 bits per heavy atom. The molecule has 2 heterocycles. The smallest absolute Gasteiger partial charge is 0.326 e. The summed E-state index contributed by atoms with van der Waals surface area (Å²) >= 11 is 1.66. The Bertz CT molecular complexity index is 598. The Hall–Kier alpha value is -1.89. The molecule has 0 spiro atoms. The summed E-state index contributed by atoms with van der Waals surface area (Å²) < 4.78 is 0. The highest BCUT2D eigenvalue weighted by Crippen LogP contribution is 2.30. The quantitative estimate of drug-likeness (QED) is 0.715. The van der Waals surface area contributed by atoms with Crippen molar-refractivity contribution in [2.45, 2.75) is 38.3 Å².